The zero-order valence-corrected chi connectivity index (χ0v) is 32.2. The Morgan fingerprint density at radius 2 is 0.776 bits per heavy atom. The molecule has 6 heteroatoms. The first kappa shape index (κ1) is 46.6. The van der Waals surface area contributed by atoms with Crippen LogP contribution in [-0.2, 0) is 28.6 Å². The molecule has 0 N–H and O–H groups in total. The summed E-state index contributed by atoms with van der Waals surface area (Å²) < 4.78 is 16.2. The van der Waals surface area contributed by atoms with Crippen LogP contribution in [0.4, 0.5) is 0 Å². The van der Waals surface area contributed by atoms with Crippen molar-refractivity contribution in [1.29, 1.82) is 0 Å². The number of hydrogen-bond acceptors (Lipinski definition) is 6. The molecule has 0 aliphatic carbocycles. The lowest BCUT2D eigenvalue weighted by molar-refractivity contribution is -0.166. The minimum Gasteiger partial charge on any atom is -0.462 e. The molecule has 284 valence electrons. The summed E-state index contributed by atoms with van der Waals surface area (Å²) in [5, 5.41) is 0. The molecule has 49 heavy (non-hydrogen) atoms. The van der Waals surface area contributed by atoms with Crippen molar-refractivity contribution in [2.45, 2.75) is 207 Å². The van der Waals surface area contributed by atoms with Gasteiger partial charge >= 0.3 is 17.9 Å². The van der Waals surface area contributed by atoms with E-state index in [1.165, 1.54) is 122 Å². The van der Waals surface area contributed by atoms with E-state index in [2.05, 4.69) is 38.2 Å². The second-order valence-electron chi connectivity index (χ2n) is 13.5. The summed E-state index contributed by atoms with van der Waals surface area (Å²) in [6, 6.07) is 0. The van der Waals surface area contributed by atoms with Crippen LogP contribution in [0.15, 0.2) is 36.5 Å². The number of carbonyl (C=O) groups excluding carboxylic acids is 3. The summed E-state index contributed by atoms with van der Waals surface area (Å²) in [6.07, 6.45) is 42.9. The lowest BCUT2D eigenvalue weighted by atomic mass is 10.1. The van der Waals surface area contributed by atoms with Gasteiger partial charge in [0.1, 0.15) is 13.2 Å². The maximum atomic E-state index is 12.5. The molecular formula is C43H76O6. The van der Waals surface area contributed by atoms with Crippen molar-refractivity contribution in [3.05, 3.63) is 36.5 Å². The molecule has 0 amide bonds. The number of carbonyl (C=O) groups is 3. The minimum absolute atomic E-state index is 0.113. The molecule has 0 rings (SSSR count). The summed E-state index contributed by atoms with van der Waals surface area (Å²) >= 11 is 0. The lowest BCUT2D eigenvalue weighted by Gasteiger charge is -2.18. The summed E-state index contributed by atoms with van der Waals surface area (Å²) in [4.78, 5) is 36.7. The van der Waals surface area contributed by atoms with Crippen molar-refractivity contribution in [2.75, 3.05) is 13.2 Å². The third kappa shape index (κ3) is 36.7. The van der Waals surface area contributed by atoms with Gasteiger partial charge in [-0.1, -0.05) is 166 Å². The van der Waals surface area contributed by atoms with E-state index in [9.17, 15) is 14.4 Å². The van der Waals surface area contributed by atoms with Crippen molar-refractivity contribution in [3.8, 4) is 0 Å². The third-order valence-corrected chi connectivity index (χ3v) is 8.61. The Kier molecular flexibility index (Phi) is 36.6. The van der Waals surface area contributed by atoms with Gasteiger partial charge in [0, 0.05) is 19.3 Å². The van der Waals surface area contributed by atoms with Crippen molar-refractivity contribution >= 4 is 17.9 Å². The van der Waals surface area contributed by atoms with Gasteiger partial charge in [0.25, 0.3) is 0 Å². The van der Waals surface area contributed by atoms with E-state index in [1.807, 2.05) is 19.1 Å². The van der Waals surface area contributed by atoms with Gasteiger partial charge in [-0.15, -0.1) is 0 Å². The van der Waals surface area contributed by atoms with E-state index in [0.717, 1.165) is 19.3 Å². The predicted molar refractivity (Wildman–Crippen MR) is 206 cm³/mol. The minimum atomic E-state index is -0.806. The number of hydrogen-bond donors (Lipinski definition) is 0. The highest BCUT2D eigenvalue weighted by Gasteiger charge is 2.19. The topological polar surface area (TPSA) is 78.9 Å². The van der Waals surface area contributed by atoms with Gasteiger partial charge in [0.2, 0.25) is 0 Å². The summed E-state index contributed by atoms with van der Waals surface area (Å²) in [5.74, 6) is -1.09. The Bertz CT molecular complexity index is 845. The van der Waals surface area contributed by atoms with Gasteiger partial charge < -0.3 is 14.2 Å². The quantitative estimate of drug-likeness (QED) is 0.0282. The molecule has 0 aliphatic heterocycles. The molecule has 1 atom stereocenters. The number of unbranched alkanes of at least 4 members (excludes halogenated alkanes) is 19. The number of rotatable bonds is 36. The predicted octanol–water partition coefficient (Wildman–Crippen LogP) is 12.6. The molecule has 0 radical (unpaired) electrons. The van der Waals surface area contributed by atoms with E-state index in [4.69, 9.17) is 14.2 Å². The first-order valence-electron chi connectivity index (χ1n) is 20.5. The fraction of sp³-hybridized carbons (Fsp3) is 0.791. The average molecular weight is 689 g/mol. The van der Waals surface area contributed by atoms with E-state index in [0.29, 0.717) is 25.7 Å². The Hall–Kier alpha value is -2.37. The first-order chi connectivity index (χ1) is 24.0. The normalized spacial score (nSPS) is 12.3. The molecule has 0 heterocycles. The summed E-state index contributed by atoms with van der Waals surface area (Å²) in [5.41, 5.74) is 0. The van der Waals surface area contributed by atoms with Crippen molar-refractivity contribution < 1.29 is 28.6 Å². The largest absolute Gasteiger partial charge is 0.462 e. The van der Waals surface area contributed by atoms with Crippen molar-refractivity contribution in [1.82, 2.24) is 0 Å². The Balaban J connectivity index is 4.13. The Labute approximate surface area is 302 Å². The highest BCUT2D eigenvalue weighted by Crippen LogP contribution is 2.13. The maximum absolute atomic E-state index is 12.5. The molecule has 0 aromatic heterocycles. The van der Waals surface area contributed by atoms with Crippen LogP contribution < -0.4 is 0 Å². The number of ether oxygens (including phenoxy) is 3. The average Bonchev–Trinajstić information content (AvgIpc) is 3.09. The van der Waals surface area contributed by atoms with Crippen LogP contribution in [0.25, 0.3) is 0 Å². The smallest absolute Gasteiger partial charge is 0.306 e. The van der Waals surface area contributed by atoms with E-state index < -0.39 is 6.10 Å². The second-order valence-corrected chi connectivity index (χ2v) is 13.5. The fourth-order valence-corrected chi connectivity index (χ4v) is 5.55. The van der Waals surface area contributed by atoms with Crippen molar-refractivity contribution in [3.63, 3.8) is 0 Å². The molecule has 0 spiro atoms. The van der Waals surface area contributed by atoms with Gasteiger partial charge in [0.05, 0.1) is 0 Å². The molecule has 0 fully saturated rings. The molecule has 6 nitrogen and oxygen atoms in total. The standard InChI is InChI=1S/C43H76O6/c1-4-7-9-11-13-15-17-19-21-23-25-27-29-31-33-36-42(45)48-39-40(38-47-41(44)35-6-3)49-43(46)37-34-32-30-28-26-24-22-20-18-16-14-12-10-8-5-2/h23,25,29-32,40H,4-22,24,26-28,33-39H2,1-3H3. The lowest BCUT2D eigenvalue weighted by Crippen LogP contribution is -2.30. The number of allylic oxidation sites excluding steroid dienone is 6. The molecule has 0 saturated carbocycles. The monoisotopic (exact) mass is 689 g/mol. The molecule has 1 unspecified atom stereocenters. The zero-order chi connectivity index (χ0) is 35.9. The van der Waals surface area contributed by atoms with Gasteiger partial charge in [-0.25, -0.2) is 0 Å². The van der Waals surface area contributed by atoms with E-state index >= 15 is 0 Å². The van der Waals surface area contributed by atoms with Crippen molar-refractivity contribution in [2.24, 2.45) is 0 Å². The van der Waals surface area contributed by atoms with E-state index in [-0.39, 0.29) is 44.0 Å². The van der Waals surface area contributed by atoms with Crippen LogP contribution in [-0.4, -0.2) is 37.2 Å². The first-order valence-corrected chi connectivity index (χ1v) is 20.5. The van der Waals surface area contributed by atoms with Gasteiger partial charge in [-0.05, 0) is 51.4 Å². The highest BCUT2D eigenvalue weighted by atomic mass is 16.6. The molecule has 0 bridgehead atoms. The molecule has 0 saturated heterocycles. The van der Waals surface area contributed by atoms with Gasteiger partial charge in [-0.3, -0.25) is 14.4 Å². The Morgan fingerprint density at radius 3 is 1.24 bits per heavy atom. The maximum Gasteiger partial charge on any atom is 0.306 e. The van der Waals surface area contributed by atoms with Crippen LogP contribution in [0.1, 0.15) is 201 Å². The zero-order valence-electron chi connectivity index (χ0n) is 32.2. The van der Waals surface area contributed by atoms with Crippen LogP contribution in [0.2, 0.25) is 0 Å². The van der Waals surface area contributed by atoms with Gasteiger partial charge in [0.15, 0.2) is 6.10 Å². The Morgan fingerprint density at radius 1 is 0.408 bits per heavy atom. The van der Waals surface area contributed by atoms with Crippen LogP contribution in [0.5, 0.6) is 0 Å². The number of esters is 3. The molecule has 0 aliphatic rings. The van der Waals surface area contributed by atoms with Gasteiger partial charge in [-0.2, -0.15) is 0 Å². The fourth-order valence-electron chi connectivity index (χ4n) is 5.55. The summed E-state index contributed by atoms with van der Waals surface area (Å²) in [7, 11) is 0. The van der Waals surface area contributed by atoms with Crippen LogP contribution in [0, 0.1) is 0 Å². The SMILES string of the molecule is CCCCCCCCCCC=CCC=CCCC(=O)OCC(COC(=O)CCC)OC(=O)CCC=CCCCCCCCCCCCCC. The molecular weight excluding hydrogens is 612 g/mol. The van der Waals surface area contributed by atoms with Crippen LogP contribution in [0.3, 0.4) is 0 Å². The highest BCUT2D eigenvalue weighted by molar-refractivity contribution is 5.71. The molecule has 0 aromatic rings. The third-order valence-electron chi connectivity index (χ3n) is 8.61. The summed E-state index contributed by atoms with van der Waals surface area (Å²) in [6.45, 7) is 6.18. The second kappa shape index (κ2) is 38.4. The molecule has 0 aromatic carbocycles. The van der Waals surface area contributed by atoms with E-state index in [1.54, 1.807) is 0 Å². The van der Waals surface area contributed by atoms with Crippen LogP contribution >= 0.6 is 0 Å².